The highest BCUT2D eigenvalue weighted by Gasteiger charge is 2.50. The Morgan fingerprint density at radius 2 is 2.07 bits per heavy atom. The average Bonchev–Trinajstić information content (AvgIpc) is 2.36. The Bertz CT molecular complexity index is 312. The standard InChI is InChI=1S/C8H8Br3NO3/c9-5-1-3-7(10)4(8(3)11)2-6(5)15-12(13)14/h1,3-4,6-8H,2H2/t3?,4?,6-,7+,8?/m0/s1. The third-order valence-electron chi connectivity index (χ3n) is 2.91. The molecule has 0 aromatic carbocycles. The molecule has 0 amide bonds. The van der Waals surface area contributed by atoms with Crippen LogP contribution in [0.25, 0.3) is 0 Å². The largest absolute Gasteiger partial charge is 0.305 e. The highest BCUT2D eigenvalue weighted by Crippen LogP contribution is 2.52. The van der Waals surface area contributed by atoms with Crippen LogP contribution in [0.2, 0.25) is 0 Å². The van der Waals surface area contributed by atoms with Crippen molar-refractivity contribution in [2.24, 2.45) is 11.8 Å². The summed E-state index contributed by atoms with van der Waals surface area (Å²) >= 11 is 10.5. The normalized spacial score (nSPS) is 43.7. The van der Waals surface area contributed by atoms with E-state index in [9.17, 15) is 10.1 Å². The van der Waals surface area contributed by atoms with Crippen LogP contribution in [0, 0.1) is 22.0 Å². The second kappa shape index (κ2) is 4.33. The summed E-state index contributed by atoms with van der Waals surface area (Å²) in [5.41, 5.74) is 0. The Kier molecular flexibility index (Phi) is 3.42. The summed E-state index contributed by atoms with van der Waals surface area (Å²) in [5.74, 6) is 0.760. The predicted molar refractivity (Wildman–Crippen MR) is 65.9 cm³/mol. The minimum absolute atomic E-state index is 0.379. The van der Waals surface area contributed by atoms with Crippen molar-refractivity contribution < 1.29 is 9.92 Å². The maximum atomic E-state index is 10.3. The summed E-state index contributed by atoms with van der Waals surface area (Å²) in [5, 5.41) is 9.59. The maximum Gasteiger partial charge on any atom is 0.295 e. The number of hydrogen-bond donors (Lipinski definition) is 0. The summed E-state index contributed by atoms with van der Waals surface area (Å²) in [7, 11) is 0. The van der Waals surface area contributed by atoms with E-state index < -0.39 is 11.2 Å². The molecule has 7 heteroatoms. The van der Waals surface area contributed by atoms with Crippen molar-refractivity contribution in [3.8, 4) is 0 Å². The van der Waals surface area contributed by atoms with Crippen LogP contribution >= 0.6 is 47.8 Å². The molecule has 0 aromatic heterocycles. The van der Waals surface area contributed by atoms with Gasteiger partial charge in [-0.15, -0.1) is 10.1 Å². The van der Waals surface area contributed by atoms with Gasteiger partial charge < -0.3 is 4.84 Å². The summed E-state index contributed by atoms with van der Waals surface area (Å²) in [6, 6.07) is 0. The lowest BCUT2D eigenvalue weighted by Crippen LogP contribution is -2.47. The number of hydrogen-bond acceptors (Lipinski definition) is 3. The average molecular weight is 406 g/mol. The third-order valence-corrected chi connectivity index (χ3v) is 6.27. The monoisotopic (exact) mass is 403 g/mol. The molecule has 2 bridgehead atoms. The van der Waals surface area contributed by atoms with Gasteiger partial charge in [-0.1, -0.05) is 53.9 Å². The van der Waals surface area contributed by atoms with Crippen LogP contribution in [0.4, 0.5) is 0 Å². The quantitative estimate of drug-likeness (QED) is 0.403. The van der Waals surface area contributed by atoms with Crippen LogP contribution in [0.5, 0.6) is 0 Å². The van der Waals surface area contributed by atoms with Crippen molar-refractivity contribution in [2.75, 3.05) is 0 Å². The first-order valence-corrected chi connectivity index (χ1v) is 7.09. The molecule has 3 rings (SSSR count). The Morgan fingerprint density at radius 1 is 1.47 bits per heavy atom. The van der Waals surface area contributed by atoms with Crippen molar-refractivity contribution in [3.05, 3.63) is 20.7 Å². The molecule has 3 aliphatic rings. The van der Waals surface area contributed by atoms with Gasteiger partial charge in [0.1, 0.15) is 6.10 Å². The lowest BCUT2D eigenvalue weighted by atomic mass is 9.74. The highest BCUT2D eigenvalue weighted by molar-refractivity contribution is 9.12. The van der Waals surface area contributed by atoms with Crippen molar-refractivity contribution in [1.82, 2.24) is 0 Å². The molecule has 0 radical (unpaired) electrons. The Balaban J connectivity index is 2.15. The minimum atomic E-state index is -0.727. The Labute approximate surface area is 112 Å². The van der Waals surface area contributed by atoms with Gasteiger partial charge in [-0.05, 0) is 12.3 Å². The van der Waals surface area contributed by atoms with Gasteiger partial charge in [-0.2, -0.15) is 0 Å². The SMILES string of the molecule is O=[N+]([O-])O[C@H]1CC2C(Br)C(C=C1Br)[C@H]2Br. The van der Waals surface area contributed by atoms with Gasteiger partial charge in [0, 0.05) is 20.1 Å². The van der Waals surface area contributed by atoms with Gasteiger partial charge in [0.15, 0.2) is 0 Å². The van der Waals surface area contributed by atoms with Crippen LogP contribution in [0.1, 0.15) is 6.42 Å². The van der Waals surface area contributed by atoms with Crippen LogP contribution in [0.15, 0.2) is 10.6 Å². The zero-order chi connectivity index (χ0) is 11.2. The molecule has 0 N–H and O–H groups in total. The van der Waals surface area contributed by atoms with Gasteiger partial charge in [0.2, 0.25) is 0 Å². The zero-order valence-corrected chi connectivity index (χ0v) is 12.2. The molecule has 15 heavy (non-hydrogen) atoms. The van der Waals surface area contributed by atoms with Crippen molar-refractivity contribution in [1.29, 1.82) is 0 Å². The first-order valence-electron chi connectivity index (χ1n) is 4.47. The second-order valence-electron chi connectivity index (χ2n) is 3.73. The molecule has 1 fully saturated rings. The second-order valence-corrected chi connectivity index (χ2v) is 6.77. The summed E-state index contributed by atoms with van der Waals surface area (Å²) in [6.07, 6.45) is 2.19. The third kappa shape index (κ3) is 2.10. The molecule has 0 spiro atoms. The lowest BCUT2D eigenvalue weighted by molar-refractivity contribution is -0.766. The number of alkyl halides is 2. The van der Waals surface area contributed by atoms with E-state index in [1.165, 1.54) is 0 Å². The molecule has 84 valence electrons. The summed E-state index contributed by atoms with van der Waals surface area (Å²) in [4.78, 5) is 15.7. The van der Waals surface area contributed by atoms with E-state index >= 15 is 0 Å². The first kappa shape index (κ1) is 11.9. The van der Waals surface area contributed by atoms with Crippen LogP contribution in [-0.2, 0) is 4.84 Å². The van der Waals surface area contributed by atoms with Gasteiger partial charge in [-0.3, -0.25) is 0 Å². The van der Waals surface area contributed by atoms with Crippen LogP contribution in [0.3, 0.4) is 0 Å². The smallest absolute Gasteiger partial charge is 0.295 e. The molecule has 4 nitrogen and oxygen atoms in total. The van der Waals surface area contributed by atoms with E-state index in [0.29, 0.717) is 27.9 Å². The maximum absolute atomic E-state index is 10.3. The molecule has 0 aromatic rings. The molecule has 1 saturated carbocycles. The molecule has 0 aliphatic heterocycles. The number of rotatable bonds is 2. The molecular weight excluding hydrogens is 398 g/mol. The molecule has 0 saturated heterocycles. The molecular formula is C8H8Br3NO3. The predicted octanol–water partition coefficient (Wildman–Crippen LogP) is 3.02. The van der Waals surface area contributed by atoms with E-state index in [1.807, 2.05) is 6.08 Å². The van der Waals surface area contributed by atoms with Crippen molar-refractivity contribution >= 4 is 47.8 Å². The van der Waals surface area contributed by atoms with Crippen molar-refractivity contribution in [2.45, 2.75) is 22.2 Å². The number of fused-ring (bicyclic) bond motifs is 2. The van der Waals surface area contributed by atoms with E-state index in [1.54, 1.807) is 0 Å². The molecule has 3 unspecified atom stereocenters. The van der Waals surface area contributed by atoms with E-state index in [-0.39, 0.29) is 0 Å². The number of halogens is 3. The Morgan fingerprint density at radius 3 is 2.60 bits per heavy atom. The van der Waals surface area contributed by atoms with E-state index in [0.717, 1.165) is 4.48 Å². The van der Waals surface area contributed by atoms with Crippen LogP contribution < -0.4 is 0 Å². The van der Waals surface area contributed by atoms with Gasteiger partial charge in [0.25, 0.3) is 5.09 Å². The van der Waals surface area contributed by atoms with E-state index in [4.69, 9.17) is 0 Å². The molecule has 5 atom stereocenters. The summed E-state index contributed by atoms with van der Waals surface area (Å²) in [6.45, 7) is 0. The topological polar surface area (TPSA) is 52.4 Å². The fraction of sp³-hybridized carbons (Fsp3) is 0.750. The first-order chi connectivity index (χ1) is 7.00. The molecule has 3 aliphatic carbocycles. The van der Waals surface area contributed by atoms with Crippen LogP contribution in [-0.4, -0.2) is 20.8 Å². The van der Waals surface area contributed by atoms with Crippen molar-refractivity contribution in [3.63, 3.8) is 0 Å². The fourth-order valence-corrected chi connectivity index (χ4v) is 5.52. The van der Waals surface area contributed by atoms with Gasteiger partial charge >= 0.3 is 0 Å². The number of allylic oxidation sites excluding steroid dienone is 1. The van der Waals surface area contributed by atoms with Gasteiger partial charge in [-0.25, -0.2) is 0 Å². The molecule has 0 heterocycles. The number of nitrogens with zero attached hydrogens (tertiary/aromatic N) is 1. The van der Waals surface area contributed by atoms with E-state index in [2.05, 4.69) is 52.6 Å². The summed E-state index contributed by atoms with van der Waals surface area (Å²) < 4.78 is 0.776. The Hall–Kier alpha value is 0.380. The van der Waals surface area contributed by atoms with Gasteiger partial charge in [0.05, 0.1) is 0 Å². The fourth-order valence-electron chi connectivity index (χ4n) is 2.07. The zero-order valence-electron chi connectivity index (χ0n) is 7.48. The lowest BCUT2D eigenvalue weighted by Gasteiger charge is -2.44. The highest BCUT2D eigenvalue weighted by atomic mass is 79.9. The minimum Gasteiger partial charge on any atom is -0.305 e.